The number of nitrogens with zero attached hydrogens (tertiary/aromatic N) is 4. The van der Waals surface area contributed by atoms with Gasteiger partial charge in [0.2, 0.25) is 11.9 Å². The van der Waals surface area contributed by atoms with Crippen LogP contribution in [0, 0.1) is 29.0 Å². The van der Waals surface area contributed by atoms with Gasteiger partial charge in [-0.05, 0) is 85.5 Å². The highest BCUT2D eigenvalue weighted by molar-refractivity contribution is 6.32. The Morgan fingerprint density at radius 3 is 2.12 bits per heavy atom. The van der Waals surface area contributed by atoms with Crippen molar-refractivity contribution >= 4 is 46.3 Å². The third-order valence-corrected chi connectivity index (χ3v) is 10.4. The second kappa shape index (κ2) is 10.9. The summed E-state index contributed by atoms with van der Waals surface area (Å²) in [6.07, 6.45) is 3.53. The van der Waals surface area contributed by atoms with E-state index >= 15 is 0 Å². The van der Waals surface area contributed by atoms with Gasteiger partial charge in [-0.1, -0.05) is 25.4 Å². The number of halogens is 2. The molecule has 1 aromatic heterocycles. The van der Waals surface area contributed by atoms with Crippen LogP contribution in [0.3, 0.4) is 0 Å². The molecule has 8 nitrogen and oxygen atoms in total. The van der Waals surface area contributed by atoms with Crippen LogP contribution in [-0.2, 0) is 4.79 Å². The van der Waals surface area contributed by atoms with Gasteiger partial charge in [-0.3, -0.25) is 4.79 Å². The number of carbonyl (C=O) groups is 1. The van der Waals surface area contributed by atoms with E-state index in [0.717, 1.165) is 56.1 Å². The Bertz CT molecular complexity index is 1440. The summed E-state index contributed by atoms with van der Waals surface area (Å²) >= 11 is 6.59. The van der Waals surface area contributed by atoms with E-state index in [1.165, 1.54) is 12.1 Å². The molecule has 4 fully saturated rings. The summed E-state index contributed by atoms with van der Waals surface area (Å²) < 4.78 is 13.3. The van der Waals surface area contributed by atoms with Crippen molar-refractivity contribution in [1.82, 2.24) is 15.3 Å². The predicted octanol–water partition coefficient (Wildman–Crippen LogP) is 5.94. The summed E-state index contributed by atoms with van der Waals surface area (Å²) in [5.74, 6) is 1.49. The minimum atomic E-state index is -0.490. The van der Waals surface area contributed by atoms with Gasteiger partial charge >= 0.3 is 0 Å². The Kier molecular flexibility index (Phi) is 7.41. The fraction of sp³-hybridized carbons (Fsp3) is 0.469. The quantitative estimate of drug-likeness (QED) is 0.314. The van der Waals surface area contributed by atoms with Crippen molar-refractivity contribution < 1.29 is 9.18 Å². The van der Waals surface area contributed by atoms with Gasteiger partial charge in [0.1, 0.15) is 10.8 Å². The minimum Gasteiger partial charge on any atom is -0.368 e. The SMILES string of the molecule is CNC(=O)[C@H]1C[C@H]2C[C@H](C2(C)C)[C@@]1(C)Nc1nc(Nc2ccc(N3CCN(c4ccc(F)cc4)CC3)cc2)ncc1Cl. The molecule has 3 N–H and O–H groups in total. The zero-order valence-electron chi connectivity index (χ0n) is 24.6. The third-order valence-electron chi connectivity index (χ3n) is 10.1. The monoisotopic (exact) mass is 591 g/mol. The molecule has 7 rings (SSSR count). The number of piperazine rings is 1. The normalized spacial score (nSPS) is 26.3. The van der Waals surface area contributed by atoms with E-state index in [4.69, 9.17) is 16.6 Å². The summed E-state index contributed by atoms with van der Waals surface area (Å²) in [6, 6.07) is 14.9. The topological polar surface area (TPSA) is 85.4 Å². The van der Waals surface area contributed by atoms with Gasteiger partial charge < -0.3 is 25.8 Å². The fourth-order valence-electron chi connectivity index (χ4n) is 7.46. The second-order valence-electron chi connectivity index (χ2n) is 12.6. The highest BCUT2D eigenvalue weighted by atomic mass is 35.5. The number of rotatable bonds is 7. The van der Waals surface area contributed by atoms with Gasteiger partial charge in [-0.25, -0.2) is 9.37 Å². The molecular formula is C32H39ClFN7O. The number of carbonyl (C=O) groups excluding carboxylic acids is 1. The van der Waals surface area contributed by atoms with Crippen molar-refractivity contribution in [3.8, 4) is 0 Å². The largest absolute Gasteiger partial charge is 0.368 e. The van der Waals surface area contributed by atoms with Crippen LogP contribution in [0.25, 0.3) is 0 Å². The van der Waals surface area contributed by atoms with E-state index < -0.39 is 5.54 Å². The number of amides is 1. The summed E-state index contributed by atoms with van der Waals surface area (Å²) in [5.41, 5.74) is 2.71. The maximum Gasteiger partial charge on any atom is 0.229 e. The average Bonchev–Trinajstić information content (AvgIpc) is 2.99. The lowest BCUT2D eigenvalue weighted by atomic mass is 9.40. The van der Waals surface area contributed by atoms with Crippen molar-refractivity contribution in [1.29, 1.82) is 0 Å². The Morgan fingerprint density at radius 1 is 0.952 bits per heavy atom. The maximum atomic E-state index is 13.3. The average molecular weight is 592 g/mol. The maximum absolute atomic E-state index is 13.3. The first-order valence-corrected chi connectivity index (χ1v) is 15.1. The molecule has 10 heteroatoms. The second-order valence-corrected chi connectivity index (χ2v) is 13.0. The summed E-state index contributed by atoms with van der Waals surface area (Å²) in [5, 5.41) is 10.2. The van der Waals surface area contributed by atoms with Crippen LogP contribution in [0.2, 0.25) is 5.02 Å². The van der Waals surface area contributed by atoms with E-state index in [-0.39, 0.29) is 23.1 Å². The zero-order valence-corrected chi connectivity index (χ0v) is 25.4. The minimum absolute atomic E-state index is 0.0516. The molecule has 42 heavy (non-hydrogen) atoms. The van der Waals surface area contributed by atoms with Crippen LogP contribution in [0.4, 0.5) is 33.2 Å². The molecule has 2 heterocycles. The van der Waals surface area contributed by atoms with E-state index in [9.17, 15) is 9.18 Å². The highest BCUT2D eigenvalue weighted by Gasteiger charge is 2.64. The molecule has 3 aromatic rings. The van der Waals surface area contributed by atoms with Crippen LogP contribution in [0.5, 0.6) is 0 Å². The summed E-state index contributed by atoms with van der Waals surface area (Å²) in [4.78, 5) is 26.7. The molecule has 2 aromatic carbocycles. The van der Waals surface area contributed by atoms with Gasteiger partial charge in [-0.15, -0.1) is 0 Å². The number of nitrogens with one attached hydrogen (secondary N) is 3. The van der Waals surface area contributed by atoms with Crippen LogP contribution < -0.4 is 25.8 Å². The van der Waals surface area contributed by atoms with Crippen molar-refractivity contribution in [2.45, 2.75) is 39.2 Å². The van der Waals surface area contributed by atoms with E-state index in [1.54, 1.807) is 13.2 Å². The summed E-state index contributed by atoms with van der Waals surface area (Å²) in [6.45, 7) is 10.3. The number of hydrogen-bond donors (Lipinski definition) is 3. The number of fused-ring (bicyclic) bond motifs is 2. The van der Waals surface area contributed by atoms with E-state index in [2.05, 4.69) is 63.6 Å². The molecule has 3 aliphatic carbocycles. The van der Waals surface area contributed by atoms with Crippen LogP contribution >= 0.6 is 11.6 Å². The van der Waals surface area contributed by atoms with Crippen LogP contribution in [0.1, 0.15) is 33.6 Å². The van der Waals surface area contributed by atoms with E-state index in [1.807, 2.05) is 24.3 Å². The molecule has 1 saturated heterocycles. The standard InChI is InChI=1S/C32H39ClFN7O/c1-31(2)20-17-25(29(42)35-4)32(3,27(31)18-20)39-28-26(33)19-36-30(38-28)37-22-7-11-24(12-8-22)41-15-13-40(14-16-41)23-9-5-21(34)6-10-23/h5-12,19-20,25,27H,13-18H2,1-4H3,(H,35,42)(H2,36,37,38,39)/t20-,25+,27+,32-/m0/s1. The molecular weight excluding hydrogens is 553 g/mol. The van der Waals surface area contributed by atoms with Crippen molar-refractivity contribution in [2.75, 3.05) is 53.7 Å². The van der Waals surface area contributed by atoms with E-state index in [0.29, 0.717) is 28.6 Å². The molecule has 0 spiro atoms. The van der Waals surface area contributed by atoms with Crippen molar-refractivity contribution in [3.63, 3.8) is 0 Å². The molecule has 222 valence electrons. The van der Waals surface area contributed by atoms with Crippen LogP contribution in [0.15, 0.2) is 54.7 Å². The van der Waals surface area contributed by atoms with Gasteiger partial charge in [0, 0.05) is 50.3 Å². The number of anilines is 5. The first-order valence-electron chi connectivity index (χ1n) is 14.7. The molecule has 3 saturated carbocycles. The Hall–Kier alpha value is -3.59. The first-order chi connectivity index (χ1) is 20.1. The molecule has 1 amide bonds. The van der Waals surface area contributed by atoms with Gasteiger partial charge in [0.15, 0.2) is 5.82 Å². The van der Waals surface area contributed by atoms with Gasteiger partial charge in [-0.2, -0.15) is 4.98 Å². The lowest BCUT2D eigenvalue weighted by molar-refractivity contribution is -0.155. The highest BCUT2D eigenvalue weighted by Crippen LogP contribution is 2.65. The Labute approximate surface area is 252 Å². The molecule has 0 unspecified atom stereocenters. The van der Waals surface area contributed by atoms with Crippen LogP contribution in [-0.4, -0.2) is 54.6 Å². The van der Waals surface area contributed by atoms with Gasteiger partial charge in [0.05, 0.1) is 17.7 Å². The molecule has 2 bridgehead atoms. The third kappa shape index (κ3) is 5.12. The Morgan fingerprint density at radius 2 is 1.55 bits per heavy atom. The Balaban J connectivity index is 1.12. The predicted molar refractivity (Wildman–Crippen MR) is 167 cm³/mol. The fourth-order valence-corrected chi connectivity index (χ4v) is 7.60. The number of hydrogen-bond acceptors (Lipinski definition) is 7. The zero-order chi connectivity index (χ0) is 29.6. The smallest absolute Gasteiger partial charge is 0.229 e. The lowest BCUT2D eigenvalue weighted by Crippen LogP contribution is -2.69. The molecule has 4 aliphatic rings. The van der Waals surface area contributed by atoms with Crippen molar-refractivity contribution in [3.05, 3.63) is 65.6 Å². The molecule has 0 radical (unpaired) electrons. The number of aromatic nitrogens is 2. The molecule has 1 aliphatic heterocycles. The van der Waals surface area contributed by atoms with Gasteiger partial charge in [0.25, 0.3) is 0 Å². The number of benzene rings is 2. The first kappa shape index (κ1) is 28.5. The summed E-state index contributed by atoms with van der Waals surface area (Å²) in [7, 11) is 1.70. The van der Waals surface area contributed by atoms with Crippen molar-refractivity contribution in [2.24, 2.45) is 23.2 Å². The molecule has 4 atom stereocenters. The lowest BCUT2D eigenvalue weighted by Gasteiger charge is -2.66.